The number of nitrogens with two attached hydrogens (primary N) is 1. The maximum absolute atomic E-state index is 12.4. The molecule has 0 bridgehead atoms. The Morgan fingerprint density at radius 1 is 1.50 bits per heavy atom. The molecule has 1 fully saturated rings. The van der Waals surface area contributed by atoms with Gasteiger partial charge < -0.3 is 15.8 Å². The number of rotatable bonds is 4. The molecule has 1 aliphatic rings. The Morgan fingerprint density at radius 3 is 2.82 bits per heavy atom. The van der Waals surface area contributed by atoms with Crippen LogP contribution in [0.5, 0.6) is 5.75 Å². The molecule has 0 radical (unpaired) electrons. The summed E-state index contributed by atoms with van der Waals surface area (Å²) in [6, 6.07) is 5.27. The van der Waals surface area contributed by atoms with Gasteiger partial charge in [-0.3, -0.25) is 4.79 Å². The summed E-state index contributed by atoms with van der Waals surface area (Å²) < 4.78 is 5.38. The van der Waals surface area contributed by atoms with E-state index in [1.807, 2.05) is 13.8 Å². The molecule has 0 aliphatic heterocycles. The first-order valence-corrected chi connectivity index (χ1v) is 7.84. The summed E-state index contributed by atoms with van der Waals surface area (Å²) >= 11 is 6.13. The number of halogens is 2. The molecular weight excluding hydrogens is 323 g/mol. The smallest absolute Gasteiger partial charge is 0.229 e. The minimum Gasteiger partial charge on any atom is -0.492 e. The van der Waals surface area contributed by atoms with Crippen molar-refractivity contribution in [3.63, 3.8) is 0 Å². The van der Waals surface area contributed by atoms with Gasteiger partial charge in [-0.1, -0.05) is 24.4 Å². The van der Waals surface area contributed by atoms with Crippen LogP contribution in [0.2, 0.25) is 5.02 Å². The highest BCUT2D eigenvalue weighted by molar-refractivity contribution is 6.32. The number of benzene rings is 1. The number of anilines is 1. The van der Waals surface area contributed by atoms with Crippen LogP contribution in [0.4, 0.5) is 5.69 Å². The van der Waals surface area contributed by atoms with Crippen molar-refractivity contribution in [3.8, 4) is 5.75 Å². The molecule has 22 heavy (non-hydrogen) atoms. The number of amides is 1. The van der Waals surface area contributed by atoms with Crippen LogP contribution in [0.25, 0.3) is 0 Å². The lowest BCUT2D eigenvalue weighted by molar-refractivity contribution is -0.122. The van der Waals surface area contributed by atoms with Crippen LogP contribution in [-0.4, -0.2) is 18.1 Å². The van der Waals surface area contributed by atoms with E-state index in [0.29, 0.717) is 23.1 Å². The summed E-state index contributed by atoms with van der Waals surface area (Å²) in [5.74, 6) is 0.440. The fourth-order valence-corrected chi connectivity index (χ4v) is 3.10. The molecule has 0 saturated heterocycles. The van der Waals surface area contributed by atoms with Gasteiger partial charge in [0, 0.05) is 11.2 Å². The summed E-state index contributed by atoms with van der Waals surface area (Å²) in [5, 5.41) is 3.41. The van der Waals surface area contributed by atoms with E-state index in [1.54, 1.807) is 18.2 Å². The Balaban J connectivity index is 0.00000242. The van der Waals surface area contributed by atoms with Crippen molar-refractivity contribution in [1.29, 1.82) is 0 Å². The average Bonchev–Trinajstić information content (AvgIpc) is 2.41. The molecule has 1 aromatic rings. The van der Waals surface area contributed by atoms with Crippen LogP contribution in [0, 0.1) is 5.92 Å². The maximum Gasteiger partial charge on any atom is 0.229 e. The molecule has 1 aromatic carbocycles. The number of hydrogen-bond acceptors (Lipinski definition) is 3. The molecule has 0 heterocycles. The summed E-state index contributed by atoms with van der Waals surface area (Å²) in [7, 11) is 0. The van der Waals surface area contributed by atoms with Gasteiger partial charge in [-0.25, -0.2) is 0 Å². The molecule has 0 spiro atoms. The fourth-order valence-electron chi connectivity index (χ4n) is 2.87. The largest absolute Gasteiger partial charge is 0.492 e. The van der Waals surface area contributed by atoms with Gasteiger partial charge in [-0.05, 0) is 44.9 Å². The molecule has 0 aromatic heterocycles. The van der Waals surface area contributed by atoms with E-state index in [4.69, 9.17) is 22.1 Å². The zero-order valence-electron chi connectivity index (χ0n) is 13.0. The van der Waals surface area contributed by atoms with Crippen LogP contribution in [0.1, 0.15) is 39.5 Å². The lowest BCUT2D eigenvalue weighted by atomic mass is 9.74. The molecule has 2 atom stereocenters. The first-order valence-electron chi connectivity index (χ1n) is 7.46. The van der Waals surface area contributed by atoms with Gasteiger partial charge in [0.15, 0.2) is 0 Å². The van der Waals surface area contributed by atoms with E-state index in [-0.39, 0.29) is 24.2 Å². The number of nitrogens with one attached hydrogen (secondary N) is 1. The van der Waals surface area contributed by atoms with E-state index in [1.165, 1.54) is 0 Å². The lowest BCUT2D eigenvalue weighted by Crippen LogP contribution is -2.51. The number of carbonyl (C=O) groups excluding carboxylic acids is 1. The Bertz CT molecular complexity index is 521. The average molecular weight is 347 g/mol. The minimum atomic E-state index is -0.433. The van der Waals surface area contributed by atoms with Gasteiger partial charge in [-0.2, -0.15) is 0 Å². The summed E-state index contributed by atoms with van der Waals surface area (Å²) in [6.07, 6.45) is 3.86. The highest BCUT2D eigenvalue weighted by atomic mass is 35.5. The SMILES string of the molecule is CCOc1ccc(NC(=O)C2CCCCC2(C)N)cc1Cl.Cl. The molecule has 124 valence electrons. The number of carbonyl (C=O) groups is 1. The first-order chi connectivity index (χ1) is 9.94. The third-order valence-corrected chi connectivity index (χ3v) is 4.37. The third-order valence-electron chi connectivity index (χ3n) is 4.07. The standard InChI is InChI=1S/C16H23ClN2O2.ClH/c1-3-21-14-8-7-11(10-13(14)17)19-15(20)12-6-4-5-9-16(12,2)18;/h7-8,10,12H,3-6,9,18H2,1-2H3,(H,19,20);1H. The van der Waals surface area contributed by atoms with Gasteiger partial charge in [0.25, 0.3) is 0 Å². The van der Waals surface area contributed by atoms with Crippen molar-refractivity contribution in [3.05, 3.63) is 23.2 Å². The normalized spacial score (nSPS) is 24.3. The molecule has 6 heteroatoms. The highest BCUT2D eigenvalue weighted by Gasteiger charge is 2.37. The summed E-state index contributed by atoms with van der Waals surface area (Å²) in [6.45, 7) is 4.41. The van der Waals surface area contributed by atoms with Crippen molar-refractivity contribution in [2.24, 2.45) is 11.7 Å². The molecule has 1 amide bonds. The minimum absolute atomic E-state index is 0. The quantitative estimate of drug-likeness (QED) is 0.865. The first kappa shape index (κ1) is 19.1. The zero-order chi connectivity index (χ0) is 15.5. The predicted octanol–water partition coefficient (Wildman–Crippen LogP) is 4.01. The number of hydrogen-bond donors (Lipinski definition) is 2. The summed E-state index contributed by atoms with van der Waals surface area (Å²) in [4.78, 5) is 12.4. The zero-order valence-corrected chi connectivity index (χ0v) is 14.6. The van der Waals surface area contributed by atoms with Crippen molar-refractivity contribution >= 4 is 35.6 Å². The van der Waals surface area contributed by atoms with Gasteiger partial charge in [0.2, 0.25) is 5.91 Å². The monoisotopic (exact) mass is 346 g/mol. The Labute approximate surface area is 143 Å². The molecule has 4 nitrogen and oxygen atoms in total. The Hall–Kier alpha value is -0.970. The van der Waals surface area contributed by atoms with Crippen LogP contribution < -0.4 is 15.8 Å². The van der Waals surface area contributed by atoms with Crippen molar-refractivity contribution < 1.29 is 9.53 Å². The van der Waals surface area contributed by atoms with E-state index >= 15 is 0 Å². The van der Waals surface area contributed by atoms with E-state index < -0.39 is 5.54 Å². The number of ether oxygens (including phenoxy) is 1. The Morgan fingerprint density at radius 2 is 2.23 bits per heavy atom. The van der Waals surface area contributed by atoms with Crippen LogP contribution in [-0.2, 0) is 4.79 Å². The van der Waals surface area contributed by atoms with Crippen molar-refractivity contribution in [1.82, 2.24) is 0 Å². The van der Waals surface area contributed by atoms with Gasteiger partial charge in [0.05, 0.1) is 17.5 Å². The second-order valence-electron chi connectivity index (χ2n) is 5.87. The van der Waals surface area contributed by atoms with E-state index in [2.05, 4.69) is 5.32 Å². The molecule has 2 unspecified atom stereocenters. The lowest BCUT2D eigenvalue weighted by Gasteiger charge is -2.37. The molecule has 2 rings (SSSR count). The van der Waals surface area contributed by atoms with Crippen molar-refractivity contribution in [2.45, 2.75) is 45.1 Å². The molecule has 1 aliphatic carbocycles. The fraction of sp³-hybridized carbons (Fsp3) is 0.562. The summed E-state index contributed by atoms with van der Waals surface area (Å²) in [5.41, 5.74) is 6.51. The predicted molar refractivity (Wildman–Crippen MR) is 93.0 cm³/mol. The van der Waals surface area contributed by atoms with E-state index in [9.17, 15) is 4.79 Å². The van der Waals surface area contributed by atoms with E-state index in [0.717, 1.165) is 25.7 Å². The topological polar surface area (TPSA) is 64.3 Å². The Kier molecular flexibility index (Phi) is 6.98. The maximum atomic E-state index is 12.4. The van der Waals surface area contributed by atoms with Gasteiger partial charge in [0.1, 0.15) is 5.75 Å². The van der Waals surface area contributed by atoms with Crippen LogP contribution in [0.3, 0.4) is 0 Å². The molecule has 1 saturated carbocycles. The molecule has 3 N–H and O–H groups in total. The van der Waals surface area contributed by atoms with Crippen molar-refractivity contribution in [2.75, 3.05) is 11.9 Å². The van der Waals surface area contributed by atoms with Gasteiger partial charge >= 0.3 is 0 Å². The van der Waals surface area contributed by atoms with Crippen LogP contribution >= 0.6 is 24.0 Å². The second-order valence-corrected chi connectivity index (χ2v) is 6.28. The second kappa shape index (κ2) is 8.04. The van der Waals surface area contributed by atoms with Crippen LogP contribution in [0.15, 0.2) is 18.2 Å². The third kappa shape index (κ3) is 4.51. The highest BCUT2D eigenvalue weighted by Crippen LogP contribution is 2.33. The van der Waals surface area contributed by atoms with Gasteiger partial charge in [-0.15, -0.1) is 12.4 Å². The molecular formula is C16H24Cl2N2O2.